The summed E-state index contributed by atoms with van der Waals surface area (Å²) in [7, 11) is 0. The number of ether oxygens (including phenoxy) is 8. The summed E-state index contributed by atoms with van der Waals surface area (Å²) in [6, 6.07) is 56.7. The molecule has 1 saturated heterocycles. The Bertz CT molecular complexity index is 3010. The van der Waals surface area contributed by atoms with E-state index in [1.54, 1.807) is 48.5 Å². The molecule has 1 amide bonds. The third-order valence-electron chi connectivity index (χ3n) is 19.8. The number of rotatable bonds is 58. The van der Waals surface area contributed by atoms with Crippen LogP contribution in [0.1, 0.15) is 282 Å². The van der Waals surface area contributed by atoms with E-state index in [1.807, 2.05) is 133 Å². The summed E-state index contributed by atoms with van der Waals surface area (Å²) in [5, 5.41) is 3.35. The zero-order valence-electron chi connectivity index (χ0n) is 62.4. The third kappa shape index (κ3) is 34.4. The molecule has 0 aliphatic carbocycles. The number of hydrogen-bond donors (Lipinski definition) is 1. The highest BCUT2D eigenvalue weighted by Gasteiger charge is 2.50. The number of nitrogens with one attached hydrogen (secondary N) is 1. The molecule has 1 aliphatic heterocycles. The lowest BCUT2D eigenvalue weighted by Crippen LogP contribution is -2.62. The van der Waals surface area contributed by atoms with E-state index in [-0.39, 0.29) is 45.4 Å². The summed E-state index contributed by atoms with van der Waals surface area (Å²) in [4.78, 5) is 44.3. The molecule has 1 fully saturated rings. The van der Waals surface area contributed by atoms with Gasteiger partial charge in [-0.2, -0.15) is 0 Å². The van der Waals surface area contributed by atoms with Gasteiger partial charge in [0.25, 0.3) is 0 Å². The van der Waals surface area contributed by atoms with Crippen LogP contribution in [0.5, 0.6) is 0 Å². The number of benzene rings is 6. The van der Waals surface area contributed by atoms with Crippen molar-refractivity contribution in [1.82, 2.24) is 5.32 Å². The summed E-state index contributed by atoms with van der Waals surface area (Å²) in [5.41, 5.74) is 4.51. The van der Waals surface area contributed by atoms with E-state index < -0.39 is 60.9 Å². The van der Waals surface area contributed by atoms with Crippen LogP contribution in [0.15, 0.2) is 182 Å². The average Bonchev–Trinajstić information content (AvgIpc) is 0.787. The van der Waals surface area contributed by atoms with Gasteiger partial charge in [0.15, 0.2) is 12.4 Å². The second-order valence-electron chi connectivity index (χ2n) is 28.4. The second-order valence-corrected chi connectivity index (χ2v) is 28.4. The SMILES string of the molecule is CCCCCCCCCCCCCCCCCCCCCCCC(=O)N[C@@H](CO[C@H]1O[C@H](COCc2ccccc2)[C@H](OCc2ccccc2)[C@H](OCc2ccccc2)[C@H]1OCc1ccccc1)[C@H](OC(=O)c1ccccc1)[C@@H](CCCCCCCCCCCCCC)OC(=O)c1ccccc1. The Labute approximate surface area is 614 Å². The molecule has 12 heteroatoms. The van der Waals surface area contributed by atoms with E-state index in [2.05, 4.69) is 19.2 Å². The normalized spacial score (nSPS) is 16.8. The van der Waals surface area contributed by atoms with E-state index in [1.165, 1.54) is 161 Å². The number of carbonyl (C=O) groups excluding carboxylic acids is 3. The third-order valence-corrected chi connectivity index (χ3v) is 19.8. The highest BCUT2D eigenvalue weighted by molar-refractivity contribution is 5.90. The minimum absolute atomic E-state index is 0.0956. The molecule has 102 heavy (non-hydrogen) atoms. The minimum Gasteiger partial charge on any atom is -0.455 e. The van der Waals surface area contributed by atoms with Crippen LogP contribution in [0, 0.1) is 0 Å². The highest BCUT2D eigenvalue weighted by Crippen LogP contribution is 2.33. The Hall–Kier alpha value is -6.51. The average molecular weight is 1400 g/mol. The van der Waals surface area contributed by atoms with Crippen LogP contribution in [-0.2, 0) is 69.1 Å². The molecular weight excluding hydrogens is 1270 g/mol. The summed E-state index contributed by atoms with van der Waals surface area (Å²) in [6.45, 7) is 5.34. The number of unbranched alkanes of at least 4 members (excludes halogenated alkanes) is 31. The van der Waals surface area contributed by atoms with E-state index >= 15 is 0 Å². The van der Waals surface area contributed by atoms with Crippen LogP contribution in [-0.4, -0.2) is 80.0 Å². The minimum atomic E-state index is -1.23. The second kappa shape index (κ2) is 53.3. The maximum Gasteiger partial charge on any atom is 0.338 e. The molecule has 6 aromatic carbocycles. The van der Waals surface area contributed by atoms with Crippen LogP contribution in [0.4, 0.5) is 0 Å². The van der Waals surface area contributed by atoms with Crippen molar-refractivity contribution >= 4 is 17.8 Å². The van der Waals surface area contributed by atoms with Gasteiger partial charge in [-0.15, -0.1) is 0 Å². The first-order valence-corrected chi connectivity index (χ1v) is 40.0. The molecule has 8 atom stereocenters. The predicted octanol–water partition coefficient (Wildman–Crippen LogP) is 22.3. The van der Waals surface area contributed by atoms with E-state index in [9.17, 15) is 14.4 Å². The molecule has 558 valence electrons. The van der Waals surface area contributed by atoms with Crippen molar-refractivity contribution in [3.8, 4) is 0 Å². The molecule has 1 heterocycles. The molecule has 0 bridgehead atoms. The zero-order valence-corrected chi connectivity index (χ0v) is 62.4. The molecule has 0 aromatic heterocycles. The van der Waals surface area contributed by atoms with Crippen LogP contribution >= 0.6 is 0 Å². The summed E-state index contributed by atoms with van der Waals surface area (Å²) in [5.74, 6) is -1.41. The van der Waals surface area contributed by atoms with Gasteiger partial charge in [0, 0.05) is 6.42 Å². The number of carbonyl (C=O) groups is 3. The topological polar surface area (TPSA) is 137 Å². The van der Waals surface area contributed by atoms with Gasteiger partial charge in [-0.25, -0.2) is 9.59 Å². The van der Waals surface area contributed by atoms with Gasteiger partial charge < -0.3 is 43.2 Å². The summed E-state index contributed by atoms with van der Waals surface area (Å²) >= 11 is 0. The molecule has 6 aromatic rings. The van der Waals surface area contributed by atoms with Crippen molar-refractivity contribution in [1.29, 1.82) is 0 Å². The standard InChI is InChI=1S/C90H127NO11/c1-3-5-7-9-11-13-15-17-18-19-20-21-22-23-24-25-27-29-31-33-53-67-83(92)91-80(84(102-89(94)79-64-50-39-51-65-79)81(100-88(93)78-62-48-38-49-63-78)66-52-32-30-28-26-16-14-12-10-8-6-4-2)72-99-90-87(98-71-77-60-46-37-47-61-77)86(97-70-76-58-44-36-45-59-76)85(96-69-75-56-42-35-43-57-75)82(101-90)73-95-68-74-54-40-34-41-55-74/h34-51,54-65,80-82,84-87,90H,3-33,52-53,66-73H2,1-2H3,(H,91,92)/t80-,81+,82+,84-,85-,86-,87+,90-/m0/s1. The van der Waals surface area contributed by atoms with Crippen molar-refractivity contribution in [2.24, 2.45) is 0 Å². The predicted molar refractivity (Wildman–Crippen MR) is 412 cm³/mol. The Morgan fingerprint density at radius 3 is 1.10 bits per heavy atom. The summed E-state index contributed by atoms with van der Waals surface area (Å²) in [6.07, 6.45) is 34.4. The monoisotopic (exact) mass is 1400 g/mol. The van der Waals surface area contributed by atoms with Gasteiger partial charge in [-0.3, -0.25) is 4.79 Å². The number of amides is 1. The fourth-order valence-electron chi connectivity index (χ4n) is 13.7. The van der Waals surface area contributed by atoms with Crippen molar-refractivity contribution in [2.45, 2.75) is 314 Å². The lowest BCUT2D eigenvalue weighted by Gasteiger charge is -2.46. The zero-order chi connectivity index (χ0) is 71.4. The molecule has 0 radical (unpaired) electrons. The molecule has 1 N–H and O–H groups in total. The van der Waals surface area contributed by atoms with Crippen LogP contribution < -0.4 is 5.32 Å². The van der Waals surface area contributed by atoms with Crippen molar-refractivity contribution in [3.05, 3.63) is 215 Å². The highest BCUT2D eigenvalue weighted by atomic mass is 16.7. The maximum absolute atomic E-state index is 14.9. The first kappa shape index (κ1) is 82.8. The van der Waals surface area contributed by atoms with E-state index in [0.717, 1.165) is 60.8 Å². The Balaban J connectivity index is 1.13. The quantitative estimate of drug-likeness (QED) is 0.0289. The Morgan fingerprint density at radius 1 is 0.363 bits per heavy atom. The van der Waals surface area contributed by atoms with Crippen molar-refractivity contribution in [3.63, 3.8) is 0 Å². The molecule has 0 saturated carbocycles. The maximum atomic E-state index is 14.9. The Morgan fingerprint density at radius 2 is 0.696 bits per heavy atom. The van der Waals surface area contributed by atoms with Gasteiger partial charge >= 0.3 is 11.9 Å². The van der Waals surface area contributed by atoms with Crippen molar-refractivity contribution < 1.29 is 52.3 Å². The molecular formula is C90H127NO11. The fourth-order valence-corrected chi connectivity index (χ4v) is 13.7. The smallest absolute Gasteiger partial charge is 0.338 e. The van der Waals surface area contributed by atoms with Crippen LogP contribution in [0.2, 0.25) is 0 Å². The van der Waals surface area contributed by atoms with Gasteiger partial charge in [0.05, 0.1) is 56.8 Å². The van der Waals surface area contributed by atoms with Gasteiger partial charge in [0.1, 0.15) is 30.5 Å². The van der Waals surface area contributed by atoms with Gasteiger partial charge in [0.2, 0.25) is 5.91 Å². The lowest BCUT2D eigenvalue weighted by molar-refractivity contribution is -0.329. The molecule has 7 rings (SSSR count). The first-order chi connectivity index (χ1) is 50.4. The van der Waals surface area contributed by atoms with Gasteiger partial charge in [-0.1, -0.05) is 371 Å². The molecule has 0 unspecified atom stereocenters. The van der Waals surface area contributed by atoms with E-state index in [0.29, 0.717) is 37.0 Å². The molecule has 1 aliphatic rings. The number of hydrogen-bond acceptors (Lipinski definition) is 11. The van der Waals surface area contributed by atoms with Crippen LogP contribution in [0.25, 0.3) is 0 Å². The van der Waals surface area contributed by atoms with Gasteiger partial charge in [-0.05, 0) is 65.8 Å². The molecule has 12 nitrogen and oxygen atoms in total. The molecule has 0 spiro atoms. The van der Waals surface area contributed by atoms with E-state index in [4.69, 9.17) is 37.9 Å². The summed E-state index contributed by atoms with van der Waals surface area (Å²) < 4.78 is 55.6. The van der Waals surface area contributed by atoms with Crippen molar-refractivity contribution in [2.75, 3.05) is 13.2 Å². The number of esters is 2. The Kier molecular flexibility index (Phi) is 43.2. The lowest BCUT2D eigenvalue weighted by atomic mass is 9.97. The fraction of sp³-hybridized carbons (Fsp3) is 0.567. The first-order valence-electron chi connectivity index (χ1n) is 40.0. The van der Waals surface area contributed by atoms with Crippen LogP contribution in [0.3, 0.4) is 0 Å². The largest absolute Gasteiger partial charge is 0.455 e.